The molecule has 0 spiro atoms. The van der Waals surface area contributed by atoms with E-state index in [0.717, 1.165) is 28.7 Å². The van der Waals surface area contributed by atoms with Crippen molar-refractivity contribution >= 4 is 12.2 Å². The Morgan fingerprint density at radius 3 is 2.32 bits per heavy atom. The lowest BCUT2D eigenvalue weighted by molar-refractivity contribution is -0.155. The Labute approximate surface area is 241 Å². The number of ether oxygens (including phenoxy) is 2. The number of nitrogens with zero attached hydrogens (tertiary/aromatic N) is 2. The van der Waals surface area contributed by atoms with Crippen LogP contribution in [0.25, 0.3) is 0 Å². The summed E-state index contributed by atoms with van der Waals surface area (Å²) in [6.07, 6.45) is 2.15. The van der Waals surface area contributed by atoms with Gasteiger partial charge in [-0.2, -0.15) is 13.2 Å². The van der Waals surface area contributed by atoms with Gasteiger partial charge in [-0.1, -0.05) is 12.1 Å². The number of hydrogen-bond donors (Lipinski definition) is 0. The van der Waals surface area contributed by atoms with Crippen LogP contribution in [0.3, 0.4) is 0 Å². The summed E-state index contributed by atoms with van der Waals surface area (Å²) in [5.41, 5.74) is 1.64. The van der Waals surface area contributed by atoms with E-state index in [1.807, 2.05) is 25.1 Å². The first-order chi connectivity index (χ1) is 19.4. The first-order valence-electron chi connectivity index (χ1n) is 14.3. The van der Waals surface area contributed by atoms with Crippen molar-refractivity contribution in [2.24, 2.45) is 11.8 Å². The first kappa shape index (κ1) is 32.4. The summed E-state index contributed by atoms with van der Waals surface area (Å²) in [6.45, 7) is 6.59. The number of hydrogen-bond acceptors (Lipinski definition) is 5. The lowest BCUT2D eigenvalue weighted by Gasteiger charge is -2.39. The number of carbonyl (C=O) groups excluding carboxylic acids is 2. The highest BCUT2D eigenvalue weighted by molar-refractivity contribution is 5.95. The number of alkyl halides is 3. The highest BCUT2D eigenvalue weighted by atomic mass is 19.4. The Morgan fingerprint density at radius 2 is 1.76 bits per heavy atom. The summed E-state index contributed by atoms with van der Waals surface area (Å²) < 4.78 is 48.6. The molecule has 1 unspecified atom stereocenters. The molecule has 2 fully saturated rings. The van der Waals surface area contributed by atoms with Crippen molar-refractivity contribution in [1.82, 2.24) is 9.80 Å². The summed E-state index contributed by atoms with van der Waals surface area (Å²) in [4.78, 5) is 26.6. The molecule has 2 aliphatic rings. The van der Waals surface area contributed by atoms with Crippen LogP contribution in [-0.4, -0.2) is 75.1 Å². The van der Waals surface area contributed by atoms with Crippen molar-refractivity contribution in [2.45, 2.75) is 64.1 Å². The number of amides is 1. The number of piperidine rings is 1. The number of aldehydes is 1. The van der Waals surface area contributed by atoms with Crippen LogP contribution in [-0.2, 0) is 4.79 Å². The van der Waals surface area contributed by atoms with Crippen LogP contribution >= 0.6 is 0 Å². The van der Waals surface area contributed by atoms with Crippen LogP contribution in [0.1, 0.15) is 66.4 Å². The molecular formula is C32H43F3N2O4. The van der Waals surface area contributed by atoms with Gasteiger partial charge < -0.3 is 24.1 Å². The van der Waals surface area contributed by atoms with Crippen LogP contribution in [0.15, 0.2) is 42.5 Å². The Hall–Kier alpha value is -3.07. The fraction of sp³-hybridized carbons (Fsp3) is 0.562. The van der Waals surface area contributed by atoms with Gasteiger partial charge in [0.1, 0.15) is 23.7 Å². The van der Waals surface area contributed by atoms with Gasteiger partial charge >= 0.3 is 6.18 Å². The van der Waals surface area contributed by atoms with E-state index < -0.39 is 12.1 Å². The summed E-state index contributed by atoms with van der Waals surface area (Å²) in [6, 6.07) is 11.3. The van der Waals surface area contributed by atoms with Gasteiger partial charge in [-0.05, 0) is 119 Å². The molecule has 4 rings (SSSR count). The van der Waals surface area contributed by atoms with E-state index in [-0.39, 0.29) is 17.8 Å². The molecule has 1 amide bonds. The smallest absolute Gasteiger partial charge is 0.402 e. The topological polar surface area (TPSA) is 59.1 Å². The molecule has 0 N–H and O–H groups in total. The molecule has 1 atom stereocenters. The summed E-state index contributed by atoms with van der Waals surface area (Å²) in [7, 11) is 5.79. The zero-order chi connectivity index (χ0) is 30.2. The zero-order valence-electron chi connectivity index (χ0n) is 24.7. The number of carbonyl (C=O) groups is 2. The Kier molecular flexibility index (Phi) is 11.6. The quantitative estimate of drug-likeness (QED) is 0.318. The van der Waals surface area contributed by atoms with E-state index in [4.69, 9.17) is 9.47 Å². The largest absolute Gasteiger partial charge is 0.494 e. The molecule has 1 heterocycles. The minimum atomic E-state index is -4.56. The van der Waals surface area contributed by atoms with Crippen LogP contribution in [0.5, 0.6) is 11.5 Å². The third-order valence-electron chi connectivity index (χ3n) is 7.85. The minimum absolute atomic E-state index is 0.0471. The molecule has 0 aromatic heterocycles. The third kappa shape index (κ3) is 9.48. The van der Waals surface area contributed by atoms with Crippen molar-refractivity contribution in [3.8, 4) is 11.5 Å². The van der Waals surface area contributed by atoms with Gasteiger partial charge in [0.25, 0.3) is 5.91 Å². The molecule has 2 aromatic carbocycles. The standard InChI is InChI=1S/C21H32N2O2.C11H11F3O2/c1-15-11-18(5-6-20(15)21(24)22(2)3)25-19-13-17(14-19)12-16-7-9-23(4)10-8-16;1-2-16-9-5-3-4-8(6-9)10(7-15)11(12,13)14/h5-6,11,16-17,19H,7-10,12-14H2,1-4H3;3-7,10H,2H2,1H3. The van der Waals surface area contributed by atoms with Crippen molar-refractivity contribution in [1.29, 1.82) is 0 Å². The summed E-state index contributed by atoms with van der Waals surface area (Å²) in [5.74, 6) is 0.945. The highest BCUT2D eigenvalue weighted by Crippen LogP contribution is 2.38. The SMILES string of the molecule is CCOc1cccc(C(C=O)C(F)(F)F)c1.Cc1cc(OC2CC(CC3CCN(C)CC3)C2)ccc1C(=O)N(C)C. The summed E-state index contributed by atoms with van der Waals surface area (Å²) in [5, 5.41) is 0. The highest BCUT2D eigenvalue weighted by Gasteiger charge is 2.40. The lowest BCUT2D eigenvalue weighted by Crippen LogP contribution is -2.37. The normalized spacial score (nSPS) is 20.2. The van der Waals surface area contributed by atoms with Crippen LogP contribution in [0.2, 0.25) is 0 Å². The Bertz CT molecular complexity index is 1140. The zero-order valence-corrected chi connectivity index (χ0v) is 24.7. The average Bonchev–Trinajstić information content (AvgIpc) is 2.89. The maximum Gasteiger partial charge on any atom is 0.402 e. The van der Waals surface area contributed by atoms with Crippen molar-refractivity contribution < 1.29 is 32.2 Å². The van der Waals surface area contributed by atoms with Gasteiger partial charge in [0.05, 0.1) is 12.7 Å². The van der Waals surface area contributed by atoms with Crippen molar-refractivity contribution in [3.63, 3.8) is 0 Å². The molecule has 1 saturated carbocycles. The van der Waals surface area contributed by atoms with E-state index in [0.29, 0.717) is 18.5 Å². The predicted octanol–water partition coefficient (Wildman–Crippen LogP) is 6.52. The third-order valence-corrected chi connectivity index (χ3v) is 7.85. The van der Waals surface area contributed by atoms with Gasteiger partial charge in [0.2, 0.25) is 0 Å². The Balaban J connectivity index is 0.000000250. The fourth-order valence-corrected chi connectivity index (χ4v) is 5.42. The second-order valence-electron chi connectivity index (χ2n) is 11.4. The minimum Gasteiger partial charge on any atom is -0.494 e. The molecular weight excluding hydrogens is 533 g/mol. The van der Waals surface area contributed by atoms with Gasteiger partial charge in [0, 0.05) is 19.7 Å². The van der Waals surface area contributed by atoms with E-state index in [9.17, 15) is 22.8 Å². The number of likely N-dealkylation sites (tertiary alicyclic amines) is 1. The number of rotatable bonds is 9. The molecule has 2 aromatic rings. The predicted molar refractivity (Wildman–Crippen MR) is 154 cm³/mol. The second-order valence-corrected chi connectivity index (χ2v) is 11.4. The maximum atomic E-state index is 12.5. The lowest BCUT2D eigenvalue weighted by atomic mass is 9.74. The number of halogens is 3. The number of benzene rings is 2. The van der Waals surface area contributed by atoms with Gasteiger partial charge in [0.15, 0.2) is 0 Å². The first-order valence-corrected chi connectivity index (χ1v) is 14.3. The van der Waals surface area contributed by atoms with Gasteiger partial charge in [-0.3, -0.25) is 4.79 Å². The maximum absolute atomic E-state index is 12.5. The molecule has 1 saturated heterocycles. The molecule has 6 nitrogen and oxygen atoms in total. The molecule has 0 radical (unpaired) electrons. The van der Waals surface area contributed by atoms with E-state index in [1.165, 1.54) is 63.4 Å². The Morgan fingerprint density at radius 1 is 1.07 bits per heavy atom. The van der Waals surface area contributed by atoms with E-state index in [2.05, 4.69) is 11.9 Å². The molecule has 226 valence electrons. The van der Waals surface area contributed by atoms with Crippen LogP contribution in [0, 0.1) is 18.8 Å². The molecule has 1 aliphatic carbocycles. The molecule has 41 heavy (non-hydrogen) atoms. The van der Waals surface area contributed by atoms with Crippen LogP contribution < -0.4 is 9.47 Å². The van der Waals surface area contributed by atoms with E-state index >= 15 is 0 Å². The number of aryl methyl sites for hydroxylation is 1. The molecule has 0 bridgehead atoms. The summed E-state index contributed by atoms with van der Waals surface area (Å²) >= 11 is 0. The van der Waals surface area contributed by atoms with Crippen molar-refractivity contribution in [3.05, 3.63) is 59.2 Å². The average molecular weight is 577 g/mol. The van der Waals surface area contributed by atoms with Gasteiger partial charge in [-0.15, -0.1) is 0 Å². The van der Waals surface area contributed by atoms with Crippen molar-refractivity contribution in [2.75, 3.05) is 40.8 Å². The molecule has 1 aliphatic heterocycles. The van der Waals surface area contributed by atoms with E-state index in [1.54, 1.807) is 32.0 Å². The second kappa shape index (κ2) is 14.7. The fourth-order valence-electron chi connectivity index (χ4n) is 5.42. The van der Waals surface area contributed by atoms with Crippen LogP contribution in [0.4, 0.5) is 13.2 Å². The monoisotopic (exact) mass is 576 g/mol. The van der Waals surface area contributed by atoms with Gasteiger partial charge in [-0.25, -0.2) is 0 Å². The molecule has 9 heteroatoms.